The first-order valence-electron chi connectivity index (χ1n) is 12.1. The van der Waals surface area contributed by atoms with Crippen LogP contribution in [0.15, 0.2) is 47.4 Å². The minimum atomic E-state index is -0.289. The SMILES string of the molecule is CCOC(=O)C1CCN(c2nc3ncc4c(c3c(=O)[nH]2)CC(C=Cc2ccccc2)CC4=O)CC1. The minimum absolute atomic E-state index is 0.00165. The van der Waals surface area contributed by atoms with Gasteiger partial charge in [-0.15, -0.1) is 0 Å². The molecular weight excluding hydrogens is 444 g/mol. The van der Waals surface area contributed by atoms with Crippen LogP contribution in [0.5, 0.6) is 0 Å². The van der Waals surface area contributed by atoms with Gasteiger partial charge in [-0.2, -0.15) is 4.98 Å². The van der Waals surface area contributed by atoms with Crippen LogP contribution in [-0.4, -0.2) is 46.4 Å². The summed E-state index contributed by atoms with van der Waals surface area (Å²) in [6.45, 7) is 3.36. The van der Waals surface area contributed by atoms with E-state index in [9.17, 15) is 14.4 Å². The van der Waals surface area contributed by atoms with E-state index >= 15 is 0 Å². The Kier molecular flexibility index (Phi) is 6.44. The number of H-pyrrole nitrogens is 1. The Morgan fingerprint density at radius 3 is 2.69 bits per heavy atom. The summed E-state index contributed by atoms with van der Waals surface area (Å²) in [5.74, 6) is 0.144. The number of esters is 1. The molecule has 0 spiro atoms. The summed E-state index contributed by atoms with van der Waals surface area (Å²) in [7, 11) is 0. The Hall–Kier alpha value is -3.81. The zero-order chi connectivity index (χ0) is 24.4. The van der Waals surface area contributed by atoms with Crippen LogP contribution < -0.4 is 10.5 Å². The number of allylic oxidation sites excluding steroid dienone is 1. The van der Waals surface area contributed by atoms with E-state index in [1.807, 2.05) is 47.4 Å². The van der Waals surface area contributed by atoms with Crippen molar-refractivity contribution in [2.24, 2.45) is 11.8 Å². The Morgan fingerprint density at radius 1 is 1.17 bits per heavy atom. The van der Waals surface area contributed by atoms with Gasteiger partial charge in [-0.1, -0.05) is 42.5 Å². The monoisotopic (exact) mass is 472 g/mol. The summed E-state index contributed by atoms with van der Waals surface area (Å²) in [4.78, 5) is 52.0. The first-order chi connectivity index (χ1) is 17.0. The van der Waals surface area contributed by atoms with E-state index in [1.165, 1.54) is 0 Å². The first kappa shape index (κ1) is 23.0. The normalized spacial score (nSPS) is 18.7. The second-order valence-corrected chi connectivity index (χ2v) is 9.11. The maximum absolute atomic E-state index is 13.2. The molecule has 1 aliphatic carbocycles. The van der Waals surface area contributed by atoms with Gasteiger partial charge in [0.2, 0.25) is 5.95 Å². The Morgan fingerprint density at radius 2 is 1.94 bits per heavy atom. The molecule has 0 saturated carbocycles. The molecule has 1 aromatic carbocycles. The number of hydrogen-bond donors (Lipinski definition) is 1. The van der Waals surface area contributed by atoms with Crippen LogP contribution >= 0.6 is 0 Å². The van der Waals surface area contributed by atoms with Gasteiger partial charge in [-0.25, -0.2) is 4.98 Å². The number of ether oxygens (including phenoxy) is 1. The quantitative estimate of drug-likeness (QED) is 0.566. The van der Waals surface area contributed by atoms with E-state index in [0.717, 1.165) is 11.1 Å². The van der Waals surface area contributed by atoms with Crippen molar-refractivity contribution in [1.82, 2.24) is 15.0 Å². The lowest BCUT2D eigenvalue weighted by Gasteiger charge is -2.31. The maximum Gasteiger partial charge on any atom is 0.309 e. The van der Waals surface area contributed by atoms with Crippen molar-refractivity contribution in [3.05, 3.63) is 69.6 Å². The highest BCUT2D eigenvalue weighted by atomic mass is 16.5. The molecule has 0 amide bonds. The summed E-state index contributed by atoms with van der Waals surface area (Å²) in [6.07, 6.45) is 7.88. The molecule has 0 radical (unpaired) electrons. The lowest BCUT2D eigenvalue weighted by molar-refractivity contribution is -0.148. The molecule has 2 aromatic heterocycles. The smallest absolute Gasteiger partial charge is 0.309 e. The molecular formula is C27H28N4O4. The number of anilines is 1. The van der Waals surface area contributed by atoms with E-state index in [-0.39, 0.29) is 29.1 Å². The van der Waals surface area contributed by atoms with Gasteiger partial charge in [0.15, 0.2) is 11.4 Å². The van der Waals surface area contributed by atoms with Gasteiger partial charge in [0, 0.05) is 31.3 Å². The number of pyridine rings is 1. The number of Topliss-reactive ketones (excluding diaryl/α,β-unsaturated/α-hetero) is 1. The van der Waals surface area contributed by atoms with Crippen LogP contribution in [0.3, 0.4) is 0 Å². The molecule has 3 aromatic rings. The number of nitrogens with one attached hydrogen (secondary N) is 1. The third-order valence-electron chi connectivity index (χ3n) is 6.82. The zero-order valence-electron chi connectivity index (χ0n) is 19.7. The highest BCUT2D eigenvalue weighted by molar-refractivity contribution is 6.02. The maximum atomic E-state index is 13.2. The third kappa shape index (κ3) is 4.73. The largest absolute Gasteiger partial charge is 0.466 e. The number of rotatable bonds is 5. The van der Waals surface area contributed by atoms with Crippen LogP contribution in [0.1, 0.15) is 47.7 Å². The van der Waals surface area contributed by atoms with Crippen molar-refractivity contribution in [3.8, 4) is 0 Å². The van der Waals surface area contributed by atoms with Gasteiger partial charge >= 0.3 is 5.97 Å². The topological polar surface area (TPSA) is 105 Å². The van der Waals surface area contributed by atoms with Crippen molar-refractivity contribution < 1.29 is 14.3 Å². The molecule has 180 valence electrons. The summed E-state index contributed by atoms with van der Waals surface area (Å²) < 4.78 is 5.14. The predicted octanol–water partition coefficient (Wildman–Crippen LogP) is 3.56. The molecule has 2 aliphatic rings. The average Bonchev–Trinajstić information content (AvgIpc) is 2.88. The summed E-state index contributed by atoms with van der Waals surface area (Å²) in [5, 5.41) is 0.388. The molecule has 8 heteroatoms. The van der Waals surface area contributed by atoms with Crippen LogP contribution in [0.2, 0.25) is 0 Å². The Bertz CT molecular complexity index is 1340. The van der Waals surface area contributed by atoms with E-state index in [2.05, 4.69) is 15.0 Å². The lowest BCUT2D eigenvalue weighted by Crippen LogP contribution is -2.38. The van der Waals surface area contributed by atoms with Gasteiger partial charge < -0.3 is 9.64 Å². The van der Waals surface area contributed by atoms with Gasteiger partial charge in [0.25, 0.3) is 5.56 Å². The molecule has 35 heavy (non-hydrogen) atoms. The summed E-state index contributed by atoms with van der Waals surface area (Å²) in [5.41, 5.74) is 2.35. The fraction of sp³-hybridized carbons (Fsp3) is 0.370. The van der Waals surface area contributed by atoms with Crippen molar-refractivity contribution in [1.29, 1.82) is 0 Å². The highest BCUT2D eigenvalue weighted by Gasteiger charge is 2.30. The predicted molar refractivity (Wildman–Crippen MR) is 133 cm³/mol. The number of nitrogens with zero attached hydrogens (tertiary/aromatic N) is 3. The van der Waals surface area contributed by atoms with Crippen LogP contribution in [0.25, 0.3) is 17.1 Å². The van der Waals surface area contributed by atoms with Crippen molar-refractivity contribution in [2.75, 3.05) is 24.6 Å². The lowest BCUT2D eigenvalue weighted by atomic mass is 9.82. The second-order valence-electron chi connectivity index (χ2n) is 9.11. The minimum Gasteiger partial charge on any atom is -0.466 e. The Balaban J connectivity index is 1.40. The van der Waals surface area contributed by atoms with Crippen LogP contribution in [-0.2, 0) is 16.0 Å². The number of ketones is 1. The molecule has 1 N–H and O–H groups in total. The number of benzene rings is 1. The summed E-state index contributed by atoms with van der Waals surface area (Å²) in [6, 6.07) is 9.94. The van der Waals surface area contributed by atoms with E-state index in [1.54, 1.807) is 13.1 Å². The van der Waals surface area contributed by atoms with E-state index < -0.39 is 0 Å². The molecule has 8 nitrogen and oxygen atoms in total. The fourth-order valence-electron chi connectivity index (χ4n) is 4.97. The molecule has 1 atom stereocenters. The number of hydrogen-bond acceptors (Lipinski definition) is 7. The molecule has 5 rings (SSSR count). The zero-order valence-corrected chi connectivity index (χ0v) is 19.7. The fourth-order valence-corrected chi connectivity index (χ4v) is 4.97. The van der Waals surface area contributed by atoms with Gasteiger partial charge in [-0.3, -0.25) is 19.4 Å². The molecule has 1 unspecified atom stereocenters. The molecule has 0 bridgehead atoms. The van der Waals surface area contributed by atoms with Crippen LogP contribution in [0.4, 0.5) is 5.95 Å². The average molecular weight is 473 g/mol. The van der Waals surface area contributed by atoms with E-state index in [0.29, 0.717) is 67.9 Å². The number of carbonyl (C=O) groups excluding carboxylic acids is 2. The van der Waals surface area contributed by atoms with Gasteiger partial charge in [0.05, 0.1) is 17.9 Å². The number of aromatic amines is 1. The molecule has 1 saturated heterocycles. The van der Waals surface area contributed by atoms with Crippen molar-refractivity contribution in [2.45, 2.75) is 32.6 Å². The number of fused-ring (bicyclic) bond motifs is 3. The standard InChI is InChI=1S/C27H28N4O4/c1-2-35-26(34)19-10-12-31(13-11-19)27-29-24-23(25(33)30-27)20-14-18(15-22(32)21(20)16-28-24)9-8-17-6-4-3-5-7-17/h3-9,16,18-19H,2,10-15H2,1H3,(H,28,29,30,33). The van der Waals surface area contributed by atoms with Crippen molar-refractivity contribution in [3.63, 3.8) is 0 Å². The summed E-state index contributed by atoms with van der Waals surface area (Å²) >= 11 is 0. The first-order valence-corrected chi connectivity index (χ1v) is 12.1. The molecule has 1 aliphatic heterocycles. The van der Waals surface area contributed by atoms with E-state index in [4.69, 9.17) is 4.74 Å². The van der Waals surface area contributed by atoms with Gasteiger partial charge in [-0.05, 0) is 43.2 Å². The van der Waals surface area contributed by atoms with Crippen molar-refractivity contribution >= 4 is 34.8 Å². The highest BCUT2D eigenvalue weighted by Crippen LogP contribution is 2.30. The number of piperidine rings is 1. The second kappa shape index (κ2) is 9.82. The van der Waals surface area contributed by atoms with Gasteiger partial charge in [0.1, 0.15) is 0 Å². The van der Waals surface area contributed by atoms with Crippen LogP contribution in [0, 0.1) is 11.8 Å². The number of aromatic nitrogens is 3. The molecule has 1 fully saturated rings. The third-order valence-corrected chi connectivity index (χ3v) is 6.82. The Labute approximate surface area is 203 Å². The molecule has 3 heterocycles. The number of carbonyl (C=O) groups is 2.